The fraction of sp³-hybridized carbons (Fsp3) is 0.647. The van der Waals surface area contributed by atoms with Gasteiger partial charge in [-0.05, 0) is 31.4 Å². The first kappa shape index (κ1) is 15.3. The summed E-state index contributed by atoms with van der Waals surface area (Å²) < 4.78 is 12.5. The number of methoxy groups -OCH3 is 1. The Labute approximate surface area is 135 Å². The van der Waals surface area contributed by atoms with Crippen molar-refractivity contribution in [2.45, 2.75) is 51.3 Å². The summed E-state index contributed by atoms with van der Waals surface area (Å²) in [7, 11) is 1.81. The van der Waals surface area contributed by atoms with E-state index in [2.05, 4.69) is 53.3 Å². The highest BCUT2D eigenvalue weighted by atomic mass is 79.9. The van der Waals surface area contributed by atoms with Gasteiger partial charge in [0.1, 0.15) is 5.75 Å². The third-order valence-corrected chi connectivity index (χ3v) is 5.60. The van der Waals surface area contributed by atoms with E-state index in [0.29, 0.717) is 18.2 Å². The van der Waals surface area contributed by atoms with Crippen LogP contribution in [-0.4, -0.2) is 25.9 Å². The van der Waals surface area contributed by atoms with Gasteiger partial charge in [0, 0.05) is 34.6 Å². The summed E-state index contributed by atoms with van der Waals surface area (Å²) in [4.78, 5) is 0. The number of fused-ring (bicyclic) bond motifs is 1. The van der Waals surface area contributed by atoms with Gasteiger partial charge in [0.05, 0.1) is 12.7 Å². The molecule has 3 unspecified atom stereocenters. The molecule has 21 heavy (non-hydrogen) atoms. The lowest BCUT2D eigenvalue weighted by molar-refractivity contribution is -0.101. The van der Waals surface area contributed by atoms with Gasteiger partial charge in [-0.25, -0.2) is 0 Å². The zero-order valence-corrected chi connectivity index (χ0v) is 14.6. The predicted molar refractivity (Wildman–Crippen MR) is 87.7 cm³/mol. The molecule has 0 saturated heterocycles. The van der Waals surface area contributed by atoms with Gasteiger partial charge in [0.2, 0.25) is 0 Å². The molecule has 1 aliphatic carbocycles. The maximum atomic E-state index is 5.89. The number of benzene rings is 1. The van der Waals surface area contributed by atoms with Gasteiger partial charge >= 0.3 is 0 Å². The van der Waals surface area contributed by atoms with Crippen molar-refractivity contribution < 1.29 is 9.47 Å². The van der Waals surface area contributed by atoms with Gasteiger partial charge in [0.25, 0.3) is 0 Å². The molecule has 1 heterocycles. The second kappa shape index (κ2) is 5.90. The van der Waals surface area contributed by atoms with Crippen LogP contribution in [0.4, 0.5) is 0 Å². The molecule has 4 heteroatoms. The van der Waals surface area contributed by atoms with Crippen molar-refractivity contribution in [1.29, 1.82) is 0 Å². The molecule has 3 rings (SSSR count). The second-order valence-electron chi connectivity index (χ2n) is 6.73. The minimum Gasteiger partial charge on any atom is -0.493 e. The molecule has 3 nitrogen and oxygen atoms in total. The lowest BCUT2D eigenvalue weighted by Crippen LogP contribution is -2.61. The van der Waals surface area contributed by atoms with Crippen molar-refractivity contribution in [2.24, 2.45) is 5.41 Å². The molecule has 1 N–H and O–H groups in total. The fourth-order valence-electron chi connectivity index (χ4n) is 3.53. The summed E-state index contributed by atoms with van der Waals surface area (Å²) in [5, 5.41) is 3.85. The topological polar surface area (TPSA) is 30.5 Å². The van der Waals surface area contributed by atoms with Gasteiger partial charge in [-0.3, -0.25) is 0 Å². The van der Waals surface area contributed by atoms with Crippen LogP contribution >= 0.6 is 15.9 Å². The highest BCUT2D eigenvalue weighted by molar-refractivity contribution is 9.10. The second-order valence-corrected chi connectivity index (χ2v) is 7.64. The van der Waals surface area contributed by atoms with Crippen LogP contribution in [0.5, 0.6) is 5.75 Å². The first-order valence-corrected chi connectivity index (χ1v) is 8.52. The van der Waals surface area contributed by atoms with Crippen molar-refractivity contribution in [2.75, 3.05) is 13.7 Å². The van der Waals surface area contributed by atoms with Gasteiger partial charge < -0.3 is 14.8 Å². The fourth-order valence-corrected chi connectivity index (χ4v) is 3.87. The molecular weight excluding hydrogens is 330 g/mol. The van der Waals surface area contributed by atoms with Crippen molar-refractivity contribution in [3.63, 3.8) is 0 Å². The lowest BCUT2D eigenvalue weighted by Gasteiger charge is -2.52. The summed E-state index contributed by atoms with van der Waals surface area (Å²) >= 11 is 3.53. The van der Waals surface area contributed by atoms with E-state index in [1.807, 2.05) is 7.11 Å². The molecule has 0 aromatic heterocycles. The van der Waals surface area contributed by atoms with Gasteiger partial charge in [-0.2, -0.15) is 0 Å². The Hall–Kier alpha value is -0.580. The molecule has 1 saturated carbocycles. The zero-order valence-electron chi connectivity index (χ0n) is 13.0. The van der Waals surface area contributed by atoms with Crippen LogP contribution in [0.1, 0.15) is 44.7 Å². The molecule has 0 radical (unpaired) electrons. The number of ether oxygens (including phenoxy) is 2. The Morgan fingerprint density at radius 3 is 2.90 bits per heavy atom. The average molecular weight is 354 g/mol. The number of rotatable bonds is 3. The van der Waals surface area contributed by atoms with E-state index in [1.54, 1.807) is 0 Å². The average Bonchev–Trinajstić information content (AvgIpc) is 2.64. The molecular formula is C17H24BrNO2. The van der Waals surface area contributed by atoms with E-state index in [-0.39, 0.29) is 5.41 Å². The summed E-state index contributed by atoms with van der Waals surface area (Å²) in [6.07, 6.45) is 3.66. The molecule has 0 spiro atoms. The molecule has 116 valence electrons. The monoisotopic (exact) mass is 353 g/mol. The summed E-state index contributed by atoms with van der Waals surface area (Å²) in [5.74, 6) is 1.01. The van der Waals surface area contributed by atoms with Crippen LogP contribution in [0.25, 0.3) is 0 Å². The van der Waals surface area contributed by atoms with Gasteiger partial charge in [-0.15, -0.1) is 0 Å². The Morgan fingerprint density at radius 2 is 2.19 bits per heavy atom. The van der Waals surface area contributed by atoms with E-state index in [9.17, 15) is 0 Å². The highest BCUT2D eigenvalue weighted by Gasteiger charge is 2.49. The van der Waals surface area contributed by atoms with Gasteiger partial charge in [-0.1, -0.05) is 35.8 Å². The van der Waals surface area contributed by atoms with Crippen molar-refractivity contribution in [3.8, 4) is 5.75 Å². The van der Waals surface area contributed by atoms with Gasteiger partial charge in [0.15, 0.2) is 0 Å². The van der Waals surface area contributed by atoms with Crippen LogP contribution in [-0.2, 0) is 4.74 Å². The SMILES string of the molecule is COC1CC(NC2CCCOc3cc(Br)ccc32)C1(C)C. The molecule has 3 atom stereocenters. The Kier molecular flexibility index (Phi) is 4.30. The van der Waals surface area contributed by atoms with E-state index in [1.165, 1.54) is 5.56 Å². The number of halogens is 1. The number of hydrogen-bond donors (Lipinski definition) is 1. The van der Waals surface area contributed by atoms with E-state index in [0.717, 1.165) is 36.1 Å². The van der Waals surface area contributed by atoms with Crippen LogP contribution in [0, 0.1) is 5.41 Å². The quantitative estimate of drug-likeness (QED) is 0.888. The smallest absolute Gasteiger partial charge is 0.125 e. The minimum absolute atomic E-state index is 0.192. The third-order valence-electron chi connectivity index (χ3n) is 5.11. The maximum Gasteiger partial charge on any atom is 0.125 e. The van der Waals surface area contributed by atoms with E-state index >= 15 is 0 Å². The lowest BCUT2D eigenvalue weighted by atomic mass is 9.64. The third kappa shape index (κ3) is 2.86. The Balaban J connectivity index is 1.78. The van der Waals surface area contributed by atoms with E-state index in [4.69, 9.17) is 9.47 Å². The largest absolute Gasteiger partial charge is 0.493 e. The van der Waals surface area contributed by atoms with Crippen molar-refractivity contribution in [3.05, 3.63) is 28.2 Å². The standard InChI is InChI=1S/C17H24BrNO2/c1-17(2)15(10-16(17)20-3)19-13-5-4-8-21-14-9-11(18)6-7-12(13)14/h6-7,9,13,15-16,19H,4-5,8,10H2,1-3H3. The molecule has 1 aliphatic heterocycles. The predicted octanol–water partition coefficient (Wildman–Crippen LogP) is 4.07. The van der Waals surface area contributed by atoms with Crippen LogP contribution in [0.3, 0.4) is 0 Å². The number of nitrogens with one attached hydrogen (secondary N) is 1. The molecule has 2 aliphatic rings. The summed E-state index contributed by atoms with van der Waals surface area (Å²) in [6, 6.07) is 7.24. The van der Waals surface area contributed by atoms with E-state index < -0.39 is 0 Å². The Bertz CT molecular complexity index is 518. The van der Waals surface area contributed by atoms with Crippen LogP contribution < -0.4 is 10.1 Å². The molecule has 0 amide bonds. The first-order chi connectivity index (χ1) is 10.0. The maximum absolute atomic E-state index is 5.89. The Morgan fingerprint density at radius 1 is 1.38 bits per heavy atom. The summed E-state index contributed by atoms with van der Waals surface area (Å²) in [5.41, 5.74) is 1.48. The zero-order chi connectivity index (χ0) is 15.0. The molecule has 0 bridgehead atoms. The summed E-state index contributed by atoms with van der Waals surface area (Å²) in [6.45, 7) is 5.38. The van der Waals surface area contributed by atoms with Crippen LogP contribution in [0.2, 0.25) is 0 Å². The normalized spacial score (nSPS) is 30.8. The minimum atomic E-state index is 0.192. The van der Waals surface area contributed by atoms with Crippen molar-refractivity contribution >= 4 is 15.9 Å². The van der Waals surface area contributed by atoms with Crippen LogP contribution in [0.15, 0.2) is 22.7 Å². The molecule has 1 aromatic rings. The number of hydrogen-bond acceptors (Lipinski definition) is 3. The highest BCUT2D eigenvalue weighted by Crippen LogP contribution is 2.44. The molecule has 1 fully saturated rings. The molecule has 1 aromatic carbocycles. The van der Waals surface area contributed by atoms with Crippen molar-refractivity contribution in [1.82, 2.24) is 5.32 Å². The first-order valence-electron chi connectivity index (χ1n) is 7.73.